The summed E-state index contributed by atoms with van der Waals surface area (Å²) in [5.74, 6) is 0.0473. The van der Waals surface area contributed by atoms with Gasteiger partial charge in [-0.05, 0) is 32.9 Å². The third-order valence-electron chi connectivity index (χ3n) is 2.44. The van der Waals surface area contributed by atoms with E-state index in [1.807, 2.05) is 11.9 Å². The van der Waals surface area contributed by atoms with Gasteiger partial charge in [0.15, 0.2) is 0 Å². The number of nitrogens with zero attached hydrogens (tertiary/aromatic N) is 1. The predicted octanol–water partition coefficient (Wildman–Crippen LogP) is -0.864. The van der Waals surface area contributed by atoms with E-state index < -0.39 is 10.0 Å². The van der Waals surface area contributed by atoms with E-state index in [1.54, 1.807) is 0 Å². The van der Waals surface area contributed by atoms with Crippen molar-refractivity contribution in [2.75, 3.05) is 32.9 Å². The van der Waals surface area contributed by atoms with Crippen LogP contribution in [0.25, 0.3) is 0 Å². The van der Waals surface area contributed by atoms with Crippen LogP contribution in [0.5, 0.6) is 0 Å². The molecule has 0 spiro atoms. The van der Waals surface area contributed by atoms with Gasteiger partial charge in [0.25, 0.3) is 0 Å². The average Bonchev–Trinajstić information content (AvgIpc) is 2.94. The Kier molecular flexibility index (Phi) is 5.35. The molecule has 100 valence electrons. The average molecular weight is 263 g/mol. The van der Waals surface area contributed by atoms with Crippen LogP contribution in [-0.2, 0) is 14.8 Å². The third-order valence-corrected chi connectivity index (χ3v) is 3.17. The van der Waals surface area contributed by atoms with Gasteiger partial charge in [0, 0.05) is 12.6 Å². The zero-order valence-corrected chi connectivity index (χ0v) is 11.2. The lowest BCUT2D eigenvalue weighted by atomic mass is 10.4. The second-order valence-corrected chi connectivity index (χ2v) is 6.43. The highest BCUT2D eigenvalue weighted by atomic mass is 32.2. The van der Waals surface area contributed by atoms with E-state index >= 15 is 0 Å². The lowest BCUT2D eigenvalue weighted by Crippen LogP contribution is -2.37. The van der Waals surface area contributed by atoms with Crippen molar-refractivity contribution in [2.45, 2.75) is 25.3 Å². The largest absolute Gasteiger partial charge is 0.352 e. The van der Waals surface area contributed by atoms with E-state index in [0.29, 0.717) is 32.1 Å². The highest BCUT2D eigenvalue weighted by molar-refractivity contribution is 7.88. The number of amides is 1. The van der Waals surface area contributed by atoms with Crippen LogP contribution in [0.2, 0.25) is 0 Å². The van der Waals surface area contributed by atoms with Crippen molar-refractivity contribution in [3.63, 3.8) is 0 Å². The standard InChI is InChI=1S/C10H21N3O3S/c1-13(7-3-6-11-17(2,15)16)8-10(14)12-9-4-5-9/h9,11H,3-8H2,1-2H3,(H,12,14). The maximum atomic E-state index is 11.4. The second kappa shape index (κ2) is 6.32. The molecule has 7 heteroatoms. The van der Waals surface area contributed by atoms with Crippen LogP contribution in [0.4, 0.5) is 0 Å². The van der Waals surface area contributed by atoms with Crippen LogP contribution in [0.3, 0.4) is 0 Å². The van der Waals surface area contributed by atoms with Gasteiger partial charge in [0.2, 0.25) is 15.9 Å². The predicted molar refractivity (Wildman–Crippen MR) is 66.1 cm³/mol. The first-order chi connectivity index (χ1) is 7.87. The van der Waals surface area contributed by atoms with Gasteiger partial charge in [-0.25, -0.2) is 13.1 Å². The zero-order chi connectivity index (χ0) is 12.9. The van der Waals surface area contributed by atoms with Crippen molar-refractivity contribution in [1.29, 1.82) is 0 Å². The van der Waals surface area contributed by atoms with Gasteiger partial charge >= 0.3 is 0 Å². The van der Waals surface area contributed by atoms with Crippen molar-refractivity contribution in [2.24, 2.45) is 0 Å². The first-order valence-corrected chi connectivity index (χ1v) is 7.68. The van der Waals surface area contributed by atoms with Crippen molar-refractivity contribution in [3.05, 3.63) is 0 Å². The number of rotatable bonds is 8. The van der Waals surface area contributed by atoms with E-state index in [9.17, 15) is 13.2 Å². The molecule has 1 fully saturated rings. The van der Waals surface area contributed by atoms with Gasteiger partial charge < -0.3 is 5.32 Å². The van der Waals surface area contributed by atoms with Crippen LogP contribution >= 0.6 is 0 Å². The Hall–Kier alpha value is -0.660. The number of carbonyl (C=O) groups is 1. The molecule has 0 aromatic heterocycles. The van der Waals surface area contributed by atoms with E-state index in [2.05, 4.69) is 10.0 Å². The summed E-state index contributed by atoms with van der Waals surface area (Å²) in [6.07, 6.45) is 4.02. The highest BCUT2D eigenvalue weighted by Crippen LogP contribution is 2.18. The number of hydrogen-bond donors (Lipinski definition) is 2. The lowest BCUT2D eigenvalue weighted by molar-refractivity contribution is -0.122. The highest BCUT2D eigenvalue weighted by Gasteiger charge is 2.23. The minimum absolute atomic E-state index is 0.0473. The van der Waals surface area contributed by atoms with Crippen molar-refractivity contribution >= 4 is 15.9 Å². The Morgan fingerprint density at radius 2 is 2.06 bits per heavy atom. The molecule has 0 atom stereocenters. The Morgan fingerprint density at radius 1 is 1.41 bits per heavy atom. The molecule has 0 saturated heterocycles. The fourth-order valence-electron chi connectivity index (χ4n) is 1.43. The topological polar surface area (TPSA) is 78.5 Å². The van der Waals surface area contributed by atoms with E-state index in [-0.39, 0.29) is 5.91 Å². The van der Waals surface area contributed by atoms with Gasteiger partial charge in [-0.1, -0.05) is 0 Å². The van der Waals surface area contributed by atoms with Crippen LogP contribution in [0.15, 0.2) is 0 Å². The van der Waals surface area contributed by atoms with Gasteiger partial charge in [0.1, 0.15) is 0 Å². The molecule has 17 heavy (non-hydrogen) atoms. The van der Waals surface area contributed by atoms with Crippen LogP contribution in [0.1, 0.15) is 19.3 Å². The quantitative estimate of drug-likeness (QED) is 0.558. The maximum absolute atomic E-state index is 11.4. The molecular weight excluding hydrogens is 242 g/mol. The van der Waals surface area contributed by atoms with E-state index in [1.165, 1.54) is 0 Å². The maximum Gasteiger partial charge on any atom is 0.234 e. The first kappa shape index (κ1) is 14.4. The molecule has 2 N–H and O–H groups in total. The molecule has 1 amide bonds. The Labute approximate surface area is 103 Å². The minimum Gasteiger partial charge on any atom is -0.352 e. The van der Waals surface area contributed by atoms with Gasteiger partial charge in [-0.15, -0.1) is 0 Å². The van der Waals surface area contributed by atoms with Crippen molar-refractivity contribution < 1.29 is 13.2 Å². The molecule has 0 radical (unpaired) electrons. The number of carbonyl (C=O) groups excluding carboxylic acids is 1. The molecule has 0 heterocycles. The van der Waals surface area contributed by atoms with Crippen LogP contribution in [-0.4, -0.2) is 58.2 Å². The summed E-state index contributed by atoms with van der Waals surface area (Å²) in [4.78, 5) is 13.3. The molecule has 0 aliphatic heterocycles. The molecule has 0 bridgehead atoms. The van der Waals surface area contributed by atoms with Crippen molar-refractivity contribution in [1.82, 2.24) is 14.9 Å². The van der Waals surface area contributed by atoms with Gasteiger partial charge in [-0.3, -0.25) is 9.69 Å². The Morgan fingerprint density at radius 3 is 2.59 bits per heavy atom. The second-order valence-electron chi connectivity index (χ2n) is 4.60. The summed E-state index contributed by atoms with van der Waals surface area (Å²) in [6.45, 7) is 1.48. The fourth-order valence-corrected chi connectivity index (χ4v) is 1.95. The molecule has 1 aliphatic rings. The fraction of sp³-hybridized carbons (Fsp3) is 0.900. The summed E-state index contributed by atoms with van der Waals surface area (Å²) in [7, 11) is -1.25. The first-order valence-electron chi connectivity index (χ1n) is 5.79. The normalized spacial score (nSPS) is 16.2. The molecule has 1 saturated carbocycles. The summed E-state index contributed by atoms with van der Waals surface area (Å²) in [6, 6.07) is 0.391. The third kappa shape index (κ3) is 8.12. The smallest absolute Gasteiger partial charge is 0.234 e. The van der Waals surface area contributed by atoms with Crippen molar-refractivity contribution in [3.8, 4) is 0 Å². The van der Waals surface area contributed by atoms with Gasteiger partial charge in [0.05, 0.1) is 12.8 Å². The molecule has 0 aromatic carbocycles. The summed E-state index contributed by atoms with van der Waals surface area (Å²) in [5.41, 5.74) is 0. The number of sulfonamides is 1. The van der Waals surface area contributed by atoms with Crippen LogP contribution < -0.4 is 10.0 Å². The molecule has 0 aromatic rings. The Bertz CT molecular complexity index is 352. The van der Waals surface area contributed by atoms with E-state index in [4.69, 9.17) is 0 Å². The Balaban J connectivity index is 2.03. The molecule has 0 unspecified atom stereocenters. The molecule has 6 nitrogen and oxygen atoms in total. The summed E-state index contributed by atoms with van der Waals surface area (Å²) >= 11 is 0. The molecular formula is C10H21N3O3S. The molecule has 1 rings (SSSR count). The lowest BCUT2D eigenvalue weighted by Gasteiger charge is -2.15. The van der Waals surface area contributed by atoms with Gasteiger partial charge in [-0.2, -0.15) is 0 Å². The molecule has 1 aliphatic carbocycles. The number of nitrogens with one attached hydrogen (secondary N) is 2. The SMILES string of the molecule is CN(CCCNS(C)(=O)=O)CC(=O)NC1CC1. The zero-order valence-electron chi connectivity index (χ0n) is 10.4. The number of hydrogen-bond acceptors (Lipinski definition) is 4. The van der Waals surface area contributed by atoms with E-state index in [0.717, 1.165) is 19.1 Å². The summed E-state index contributed by atoms with van der Waals surface area (Å²) < 4.78 is 24.0. The minimum atomic E-state index is -3.10. The summed E-state index contributed by atoms with van der Waals surface area (Å²) in [5, 5.41) is 2.91. The monoisotopic (exact) mass is 263 g/mol. The number of likely N-dealkylation sites (N-methyl/N-ethyl adjacent to an activating group) is 1. The van der Waals surface area contributed by atoms with Crippen LogP contribution in [0, 0.1) is 0 Å².